The lowest BCUT2D eigenvalue weighted by molar-refractivity contribution is 0.360. The first kappa shape index (κ1) is 15.9. The van der Waals surface area contributed by atoms with Crippen molar-refractivity contribution >= 4 is 26.0 Å². The number of benzene rings is 1. The lowest BCUT2D eigenvalue weighted by Gasteiger charge is -2.24. The average Bonchev–Trinajstić information content (AvgIpc) is 3.19. The van der Waals surface area contributed by atoms with E-state index in [0.717, 1.165) is 18.4 Å². The molecular formula is C14H21BrN2O2S. The molecule has 0 bridgehead atoms. The van der Waals surface area contributed by atoms with Crippen molar-refractivity contribution in [1.29, 1.82) is 0 Å². The van der Waals surface area contributed by atoms with Gasteiger partial charge in [0.05, 0.1) is 4.90 Å². The van der Waals surface area contributed by atoms with Gasteiger partial charge >= 0.3 is 0 Å². The summed E-state index contributed by atoms with van der Waals surface area (Å²) in [6, 6.07) is 5.38. The molecule has 20 heavy (non-hydrogen) atoms. The fraction of sp³-hybridized carbons (Fsp3) is 0.571. The van der Waals surface area contributed by atoms with Gasteiger partial charge in [0.1, 0.15) is 0 Å². The molecule has 1 saturated carbocycles. The third-order valence-electron chi connectivity index (χ3n) is 3.32. The third-order valence-corrected chi connectivity index (χ3v) is 6.21. The van der Waals surface area contributed by atoms with Crippen LogP contribution in [0.25, 0.3) is 0 Å². The van der Waals surface area contributed by atoms with Crippen LogP contribution in [0.1, 0.15) is 32.3 Å². The number of rotatable bonds is 6. The summed E-state index contributed by atoms with van der Waals surface area (Å²) in [5.74, 6) is 0.312. The van der Waals surface area contributed by atoms with E-state index in [-0.39, 0.29) is 6.04 Å². The lowest BCUT2D eigenvalue weighted by atomic mass is 10.2. The quantitative estimate of drug-likeness (QED) is 0.847. The maximum Gasteiger partial charge on any atom is 0.244 e. The molecule has 1 aliphatic carbocycles. The van der Waals surface area contributed by atoms with Crippen molar-refractivity contribution in [2.24, 2.45) is 11.7 Å². The standard InChI is InChI=1S/C14H21BrN2O2S/c1-10(2)9-17(12-4-5-12)20(18,19)14-6-3-11(8-16)7-13(14)15/h3,6-7,10,12H,4-5,8-9,16H2,1-2H3. The van der Waals surface area contributed by atoms with E-state index in [1.807, 2.05) is 13.8 Å². The molecule has 0 aliphatic heterocycles. The van der Waals surface area contributed by atoms with E-state index in [2.05, 4.69) is 15.9 Å². The topological polar surface area (TPSA) is 63.4 Å². The molecule has 1 aromatic carbocycles. The minimum absolute atomic E-state index is 0.170. The smallest absolute Gasteiger partial charge is 0.244 e. The van der Waals surface area contributed by atoms with Gasteiger partial charge in [-0.15, -0.1) is 0 Å². The van der Waals surface area contributed by atoms with Crippen molar-refractivity contribution in [2.45, 2.75) is 44.2 Å². The second-order valence-corrected chi connectivity index (χ2v) is 8.38. The number of halogens is 1. The Kier molecular flexibility index (Phi) is 4.89. The third kappa shape index (κ3) is 3.42. The van der Waals surface area contributed by atoms with Gasteiger partial charge < -0.3 is 5.73 Å². The van der Waals surface area contributed by atoms with Gasteiger partial charge in [0.2, 0.25) is 10.0 Å². The number of nitrogens with two attached hydrogens (primary N) is 1. The Hall–Kier alpha value is -0.430. The Balaban J connectivity index is 2.37. The molecular weight excluding hydrogens is 340 g/mol. The molecule has 0 unspecified atom stereocenters. The van der Waals surface area contributed by atoms with Crippen molar-refractivity contribution in [3.63, 3.8) is 0 Å². The van der Waals surface area contributed by atoms with Crippen molar-refractivity contribution in [2.75, 3.05) is 6.54 Å². The second-order valence-electron chi connectivity index (χ2n) is 5.67. The highest BCUT2D eigenvalue weighted by Gasteiger charge is 2.38. The summed E-state index contributed by atoms with van der Waals surface area (Å²) in [6.07, 6.45) is 1.93. The summed E-state index contributed by atoms with van der Waals surface area (Å²) in [5.41, 5.74) is 6.50. The Morgan fingerprint density at radius 1 is 1.40 bits per heavy atom. The predicted octanol–water partition coefficient (Wildman–Crippen LogP) is 2.72. The van der Waals surface area contributed by atoms with E-state index in [0.29, 0.717) is 28.4 Å². The largest absolute Gasteiger partial charge is 0.326 e. The lowest BCUT2D eigenvalue weighted by Crippen LogP contribution is -2.36. The average molecular weight is 361 g/mol. The van der Waals surface area contributed by atoms with Crippen LogP contribution in [0, 0.1) is 5.92 Å². The van der Waals surface area contributed by atoms with Gasteiger partial charge in [0, 0.05) is 23.6 Å². The molecule has 1 aliphatic rings. The first-order valence-electron chi connectivity index (χ1n) is 6.86. The zero-order chi connectivity index (χ0) is 14.9. The van der Waals surface area contributed by atoms with Crippen molar-refractivity contribution in [1.82, 2.24) is 4.31 Å². The summed E-state index contributed by atoms with van der Waals surface area (Å²) in [5, 5.41) is 0. The van der Waals surface area contributed by atoms with Crippen LogP contribution in [0.15, 0.2) is 27.6 Å². The summed E-state index contributed by atoms with van der Waals surface area (Å²) in [6.45, 7) is 5.05. The number of hydrogen-bond donors (Lipinski definition) is 1. The molecule has 1 aromatic rings. The van der Waals surface area contributed by atoms with E-state index in [1.54, 1.807) is 22.5 Å². The molecule has 0 spiro atoms. The Morgan fingerprint density at radius 3 is 2.50 bits per heavy atom. The van der Waals surface area contributed by atoms with Gasteiger partial charge in [-0.3, -0.25) is 0 Å². The fourth-order valence-corrected chi connectivity index (χ4v) is 5.11. The molecule has 0 amide bonds. The first-order chi connectivity index (χ1) is 9.36. The zero-order valence-electron chi connectivity index (χ0n) is 11.8. The van der Waals surface area contributed by atoms with Gasteiger partial charge in [-0.05, 0) is 52.4 Å². The number of hydrogen-bond acceptors (Lipinski definition) is 3. The Morgan fingerprint density at radius 2 is 2.05 bits per heavy atom. The molecule has 2 N–H and O–H groups in total. The molecule has 0 saturated heterocycles. The van der Waals surface area contributed by atoms with Crippen LogP contribution in [0.3, 0.4) is 0 Å². The second kappa shape index (κ2) is 6.13. The van der Waals surface area contributed by atoms with Gasteiger partial charge in [-0.1, -0.05) is 19.9 Å². The van der Waals surface area contributed by atoms with Crippen LogP contribution < -0.4 is 5.73 Å². The van der Waals surface area contributed by atoms with E-state index in [9.17, 15) is 8.42 Å². The highest BCUT2D eigenvalue weighted by molar-refractivity contribution is 9.10. The minimum Gasteiger partial charge on any atom is -0.326 e. The summed E-state index contributed by atoms with van der Waals surface area (Å²) < 4.78 is 27.9. The predicted molar refractivity (Wildman–Crippen MR) is 83.8 cm³/mol. The summed E-state index contributed by atoms with van der Waals surface area (Å²) in [4.78, 5) is 0.335. The van der Waals surface area contributed by atoms with E-state index >= 15 is 0 Å². The van der Waals surface area contributed by atoms with E-state index in [1.165, 1.54) is 0 Å². The van der Waals surface area contributed by atoms with Crippen LogP contribution in [0.5, 0.6) is 0 Å². The SMILES string of the molecule is CC(C)CN(C1CC1)S(=O)(=O)c1ccc(CN)cc1Br. The highest BCUT2D eigenvalue weighted by Crippen LogP contribution is 2.35. The zero-order valence-corrected chi connectivity index (χ0v) is 14.2. The van der Waals surface area contributed by atoms with Crippen LogP contribution in [-0.4, -0.2) is 25.3 Å². The van der Waals surface area contributed by atoms with Crippen LogP contribution >= 0.6 is 15.9 Å². The maximum atomic E-state index is 12.8. The van der Waals surface area contributed by atoms with Crippen molar-refractivity contribution < 1.29 is 8.42 Å². The van der Waals surface area contributed by atoms with Crippen molar-refractivity contribution in [3.05, 3.63) is 28.2 Å². The molecule has 0 radical (unpaired) electrons. The van der Waals surface area contributed by atoms with Gasteiger partial charge in [0.15, 0.2) is 0 Å². The summed E-state index contributed by atoms with van der Waals surface area (Å²) in [7, 11) is -3.44. The first-order valence-corrected chi connectivity index (χ1v) is 9.10. The van der Waals surface area contributed by atoms with E-state index in [4.69, 9.17) is 5.73 Å². The normalized spacial score (nSPS) is 16.1. The molecule has 0 heterocycles. The Bertz CT molecular complexity index is 583. The molecule has 4 nitrogen and oxygen atoms in total. The van der Waals surface area contributed by atoms with Gasteiger partial charge in [-0.2, -0.15) is 4.31 Å². The summed E-state index contributed by atoms with van der Waals surface area (Å²) >= 11 is 3.37. The molecule has 2 rings (SSSR count). The highest BCUT2D eigenvalue weighted by atomic mass is 79.9. The van der Waals surface area contributed by atoms with Gasteiger partial charge in [-0.25, -0.2) is 8.42 Å². The van der Waals surface area contributed by atoms with Gasteiger partial charge in [0.25, 0.3) is 0 Å². The van der Waals surface area contributed by atoms with Crippen LogP contribution in [0.2, 0.25) is 0 Å². The molecule has 112 valence electrons. The number of sulfonamides is 1. The number of nitrogens with zero attached hydrogens (tertiary/aromatic N) is 1. The van der Waals surface area contributed by atoms with Crippen LogP contribution in [0.4, 0.5) is 0 Å². The molecule has 0 atom stereocenters. The van der Waals surface area contributed by atoms with Crippen molar-refractivity contribution in [3.8, 4) is 0 Å². The van der Waals surface area contributed by atoms with E-state index < -0.39 is 10.0 Å². The van der Waals surface area contributed by atoms with Crippen LogP contribution in [-0.2, 0) is 16.6 Å². The Labute approximate surface area is 129 Å². The monoisotopic (exact) mass is 360 g/mol. The minimum atomic E-state index is -3.44. The maximum absolute atomic E-state index is 12.8. The molecule has 1 fully saturated rings. The molecule has 0 aromatic heterocycles. The fourth-order valence-electron chi connectivity index (χ4n) is 2.17. The molecule has 6 heteroatoms.